The summed E-state index contributed by atoms with van der Waals surface area (Å²) in [6, 6.07) is 0. The third-order valence-corrected chi connectivity index (χ3v) is 2.91. The minimum Gasteiger partial charge on any atom is -0.465 e. The molecular weight excluding hydrogens is 152 g/mol. The molecule has 0 radical (unpaired) electrons. The average Bonchev–Trinajstić information content (AvgIpc) is 2.04. The monoisotopic (exact) mass is 166 g/mol. The molecule has 0 bridgehead atoms. The molecule has 2 aliphatic rings. The smallest absolute Gasteiger partial charge is 0.309 e. The molecule has 2 rings (SSSR count). The Bertz CT molecular complexity index is 230. The number of esters is 1. The van der Waals surface area contributed by atoms with E-state index in [1.807, 2.05) is 0 Å². The second kappa shape index (κ2) is 2.92. The molecule has 0 aromatic rings. The van der Waals surface area contributed by atoms with Crippen LogP contribution in [0, 0.1) is 11.8 Å². The van der Waals surface area contributed by atoms with E-state index in [1.54, 1.807) is 0 Å². The third kappa shape index (κ3) is 1.26. The second-order valence-electron chi connectivity index (χ2n) is 3.81. The number of hydrogen-bond donors (Lipinski definition) is 0. The number of cyclic esters (lactones) is 1. The van der Waals surface area contributed by atoms with Crippen LogP contribution >= 0.6 is 0 Å². The number of carbonyl (C=O) groups excluding carboxylic acids is 1. The van der Waals surface area contributed by atoms with E-state index >= 15 is 0 Å². The quantitative estimate of drug-likeness (QED) is 0.406. The topological polar surface area (TPSA) is 26.3 Å². The van der Waals surface area contributed by atoms with Crippen molar-refractivity contribution in [3.8, 4) is 0 Å². The highest BCUT2D eigenvalue weighted by molar-refractivity contribution is 5.74. The molecule has 12 heavy (non-hydrogen) atoms. The zero-order chi connectivity index (χ0) is 8.55. The van der Waals surface area contributed by atoms with Crippen LogP contribution in [0.4, 0.5) is 0 Å². The summed E-state index contributed by atoms with van der Waals surface area (Å²) in [7, 11) is 0. The maximum Gasteiger partial charge on any atom is 0.309 e. The highest BCUT2D eigenvalue weighted by Crippen LogP contribution is 2.35. The lowest BCUT2D eigenvalue weighted by Crippen LogP contribution is -2.34. The molecule has 0 unspecified atom stereocenters. The molecule has 0 aromatic carbocycles. The zero-order valence-corrected chi connectivity index (χ0v) is 7.38. The summed E-state index contributed by atoms with van der Waals surface area (Å²) in [5.41, 5.74) is 1.44. The van der Waals surface area contributed by atoms with Gasteiger partial charge in [0.25, 0.3) is 0 Å². The van der Waals surface area contributed by atoms with E-state index in [4.69, 9.17) is 4.74 Å². The first-order valence-electron chi connectivity index (χ1n) is 4.59. The lowest BCUT2D eigenvalue weighted by Gasteiger charge is -2.32. The first-order valence-corrected chi connectivity index (χ1v) is 4.59. The van der Waals surface area contributed by atoms with E-state index in [-0.39, 0.29) is 11.9 Å². The molecule has 1 heterocycles. The van der Waals surface area contributed by atoms with Gasteiger partial charge in [0.1, 0.15) is 0 Å². The highest BCUT2D eigenvalue weighted by atomic mass is 16.5. The lowest BCUT2D eigenvalue weighted by atomic mass is 9.77. The Morgan fingerprint density at radius 2 is 2.42 bits per heavy atom. The maximum atomic E-state index is 11.3. The Labute approximate surface area is 72.6 Å². The van der Waals surface area contributed by atoms with Crippen molar-refractivity contribution in [3.63, 3.8) is 0 Å². The third-order valence-electron chi connectivity index (χ3n) is 2.91. The molecule has 0 spiro atoms. The van der Waals surface area contributed by atoms with Gasteiger partial charge in [0, 0.05) is 0 Å². The lowest BCUT2D eigenvalue weighted by molar-refractivity contribution is -0.156. The summed E-state index contributed by atoms with van der Waals surface area (Å²) in [6.45, 7) is 2.78. The van der Waals surface area contributed by atoms with Gasteiger partial charge in [0.05, 0.1) is 12.5 Å². The van der Waals surface area contributed by atoms with Crippen LogP contribution < -0.4 is 0 Å². The van der Waals surface area contributed by atoms with Crippen LogP contribution in [0.25, 0.3) is 0 Å². The van der Waals surface area contributed by atoms with Crippen molar-refractivity contribution >= 4 is 5.97 Å². The SMILES string of the molecule is CC1=CC[C@H]2C(=O)OCC[C@H]2C1. The van der Waals surface area contributed by atoms with Gasteiger partial charge in [-0.3, -0.25) is 4.79 Å². The van der Waals surface area contributed by atoms with Crippen molar-refractivity contribution in [1.29, 1.82) is 0 Å². The summed E-state index contributed by atoms with van der Waals surface area (Å²) in [4.78, 5) is 11.3. The number of carbonyl (C=O) groups is 1. The fourth-order valence-electron chi connectivity index (χ4n) is 2.17. The number of hydrogen-bond acceptors (Lipinski definition) is 2. The number of rotatable bonds is 0. The van der Waals surface area contributed by atoms with Crippen LogP contribution in [-0.4, -0.2) is 12.6 Å². The standard InChI is InChI=1S/C10H14O2/c1-7-2-3-9-8(6-7)4-5-12-10(9)11/h2,8-9H,3-6H2,1H3/t8-,9+/m0/s1. The fraction of sp³-hybridized carbons (Fsp3) is 0.700. The summed E-state index contributed by atoms with van der Waals surface area (Å²) in [5.74, 6) is 0.758. The molecule has 0 amide bonds. The van der Waals surface area contributed by atoms with E-state index in [9.17, 15) is 4.79 Å². The summed E-state index contributed by atoms with van der Waals surface area (Å²) < 4.78 is 5.01. The number of allylic oxidation sites excluding steroid dienone is 2. The molecular formula is C10H14O2. The van der Waals surface area contributed by atoms with Crippen molar-refractivity contribution in [3.05, 3.63) is 11.6 Å². The van der Waals surface area contributed by atoms with Gasteiger partial charge in [-0.05, 0) is 32.1 Å². The van der Waals surface area contributed by atoms with E-state index in [2.05, 4.69) is 13.0 Å². The fourth-order valence-corrected chi connectivity index (χ4v) is 2.17. The first kappa shape index (κ1) is 7.84. The van der Waals surface area contributed by atoms with Gasteiger partial charge in [0.2, 0.25) is 0 Å². The molecule has 0 aromatic heterocycles. The van der Waals surface area contributed by atoms with E-state index in [0.717, 1.165) is 19.3 Å². The minimum absolute atomic E-state index is 0.0231. The molecule has 1 aliphatic carbocycles. The molecule has 0 saturated carbocycles. The van der Waals surface area contributed by atoms with Gasteiger partial charge in [-0.1, -0.05) is 11.6 Å². The van der Waals surface area contributed by atoms with E-state index < -0.39 is 0 Å². The predicted octanol–water partition coefficient (Wildman–Crippen LogP) is 1.91. The van der Waals surface area contributed by atoms with Crippen LogP contribution in [0.2, 0.25) is 0 Å². The summed E-state index contributed by atoms with van der Waals surface area (Å²) in [5, 5.41) is 0. The minimum atomic E-state index is 0.0231. The largest absolute Gasteiger partial charge is 0.465 e. The predicted molar refractivity (Wildman–Crippen MR) is 45.5 cm³/mol. The van der Waals surface area contributed by atoms with Gasteiger partial charge >= 0.3 is 5.97 Å². The maximum absolute atomic E-state index is 11.3. The van der Waals surface area contributed by atoms with E-state index in [1.165, 1.54) is 5.57 Å². The zero-order valence-electron chi connectivity index (χ0n) is 7.38. The van der Waals surface area contributed by atoms with Crippen molar-refractivity contribution < 1.29 is 9.53 Å². The molecule has 1 saturated heterocycles. The van der Waals surface area contributed by atoms with Crippen LogP contribution in [0.3, 0.4) is 0 Å². The Morgan fingerprint density at radius 3 is 3.25 bits per heavy atom. The normalized spacial score (nSPS) is 35.1. The van der Waals surface area contributed by atoms with Gasteiger partial charge in [-0.2, -0.15) is 0 Å². The summed E-state index contributed by atoms with van der Waals surface area (Å²) >= 11 is 0. The Hall–Kier alpha value is -0.790. The molecule has 2 nitrogen and oxygen atoms in total. The molecule has 1 fully saturated rings. The van der Waals surface area contributed by atoms with Gasteiger partial charge in [0.15, 0.2) is 0 Å². The van der Waals surface area contributed by atoms with Crippen LogP contribution in [-0.2, 0) is 9.53 Å². The van der Waals surface area contributed by atoms with Crippen molar-refractivity contribution in [2.75, 3.05) is 6.61 Å². The van der Waals surface area contributed by atoms with Crippen molar-refractivity contribution in [1.82, 2.24) is 0 Å². The van der Waals surface area contributed by atoms with E-state index in [0.29, 0.717) is 12.5 Å². The van der Waals surface area contributed by atoms with Gasteiger partial charge in [-0.25, -0.2) is 0 Å². The molecule has 66 valence electrons. The molecule has 2 atom stereocenters. The Kier molecular flexibility index (Phi) is 1.91. The van der Waals surface area contributed by atoms with Crippen molar-refractivity contribution in [2.24, 2.45) is 11.8 Å². The number of fused-ring (bicyclic) bond motifs is 1. The Balaban J connectivity index is 2.14. The molecule has 0 N–H and O–H groups in total. The van der Waals surface area contributed by atoms with Crippen LogP contribution in [0.15, 0.2) is 11.6 Å². The second-order valence-corrected chi connectivity index (χ2v) is 3.81. The summed E-state index contributed by atoms with van der Waals surface area (Å²) in [6.07, 6.45) is 5.23. The van der Waals surface area contributed by atoms with Gasteiger partial charge < -0.3 is 4.74 Å². The van der Waals surface area contributed by atoms with Crippen molar-refractivity contribution in [2.45, 2.75) is 26.2 Å². The molecule has 2 heteroatoms. The van der Waals surface area contributed by atoms with Crippen LogP contribution in [0.1, 0.15) is 26.2 Å². The molecule has 1 aliphatic heterocycles. The number of ether oxygens (including phenoxy) is 1. The highest BCUT2D eigenvalue weighted by Gasteiger charge is 2.34. The van der Waals surface area contributed by atoms with Crippen LogP contribution in [0.5, 0.6) is 0 Å². The van der Waals surface area contributed by atoms with Gasteiger partial charge in [-0.15, -0.1) is 0 Å². The average molecular weight is 166 g/mol. The Morgan fingerprint density at radius 1 is 1.58 bits per heavy atom. The first-order chi connectivity index (χ1) is 5.77.